The number of benzene rings is 1. The van der Waals surface area contributed by atoms with Gasteiger partial charge in [0.15, 0.2) is 11.5 Å². The molecule has 27 heavy (non-hydrogen) atoms. The number of carbonyl (C=O) groups is 1. The van der Waals surface area contributed by atoms with Crippen molar-refractivity contribution in [2.45, 2.75) is 50.6 Å². The Morgan fingerprint density at radius 1 is 1.22 bits per heavy atom. The van der Waals surface area contributed by atoms with Crippen molar-refractivity contribution in [3.8, 4) is 11.5 Å². The maximum Gasteiger partial charge on any atom is 0.258 e. The molecule has 2 aromatic rings. The predicted octanol–water partition coefficient (Wildman–Crippen LogP) is 2.87. The summed E-state index contributed by atoms with van der Waals surface area (Å²) in [5.41, 5.74) is 0.560. The van der Waals surface area contributed by atoms with E-state index in [1.807, 2.05) is 29.4 Å². The smallest absolute Gasteiger partial charge is 0.258 e. The highest BCUT2D eigenvalue weighted by Crippen LogP contribution is 2.36. The van der Waals surface area contributed by atoms with Gasteiger partial charge in [-0.1, -0.05) is 6.07 Å². The van der Waals surface area contributed by atoms with E-state index in [4.69, 9.17) is 9.47 Å². The molecule has 1 aromatic carbocycles. The number of nitrogens with zero attached hydrogens (tertiary/aromatic N) is 4. The molecule has 1 saturated heterocycles. The normalized spacial score (nSPS) is 19.3. The summed E-state index contributed by atoms with van der Waals surface area (Å²) in [6, 6.07) is 6.25. The number of hydrogen-bond donors (Lipinski definition) is 0. The summed E-state index contributed by atoms with van der Waals surface area (Å²) in [5.74, 6) is 2.13. The van der Waals surface area contributed by atoms with Crippen LogP contribution in [0.3, 0.4) is 0 Å². The van der Waals surface area contributed by atoms with E-state index >= 15 is 0 Å². The van der Waals surface area contributed by atoms with Crippen LogP contribution in [0.1, 0.15) is 54.3 Å². The summed E-state index contributed by atoms with van der Waals surface area (Å²) in [6.45, 7) is 0.777. The lowest BCUT2D eigenvalue weighted by Gasteiger charge is -2.26. The van der Waals surface area contributed by atoms with Crippen molar-refractivity contribution < 1.29 is 14.3 Å². The molecular weight excluding hydrogens is 344 g/mol. The molecule has 0 N–H and O–H groups in total. The third-order valence-electron chi connectivity index (χ3n) is 5.56. The largest absolute Gasteiger partial charge is 0.493 e. The predicted molar refractivity (Wildman–Crippen MR) is 100 cm³/mol. The quantitative estimate of drug-likeness (QED) is 0.750. The van der Waals surface area contributed by atoms with Crippen molar-refractivity contribution in [2.75, 3.05) is 20.8 Å². The first-order valence-electron chi connectivity index (χ1n) is 9.63. The molecule has 7 nitrogen and oxygen atoms in total. The van der Waals surface area contributed by atoms with E-state index in [0.29, 0.717) is 23.1 Å². The fourth-order valence-electron chi connectivity index (χ4n) is 4.01. The summed E-state index contributed by atoms with van der Waals surface area (Å²) >= 11 is 0. The number of methoxy groups -OCH3 is 2. The molecule has 0 spiro atoms. The first kappa shape index (κ1) is 17.8. The van der Waals surface area contributed by atoms with Gasteiger partial charge in [0.25, 0.3) is 5.91 Å². The zero-order valence-corrected chi connectivity index (χ0v) is 15.9. The lowest BCUT2D eigenvalue weighted by molar-refractivity contribution is 0.0726. The van der Waals surface area contributed by atoms with E-state index in [-0.39, 0.29) is 11.9 Å². The molecule has 1 atom stereocenters. The second-order valence-electron chi connectivity index (χ2n) is 7.26. The van der Waals surface area contributed by atoms with Crippen LogP contribution in [-0.2, 0) is 6.42 Å². The molecule has 7 heteroatoms. The van der Waals surface area contributed by atoms with Gasteiger partial charge in [-0.15, -0.1) is 10.2 Å². The van der Waals surface area contributed by atoms with E-state index in [9.17, 15) is 4.79 Å². The molecule has 1 aromatic heterocycles. The maximum atomic E-state index is 13.2. The first-order valence-corrected chi connectivity index (χ1v) is 9.63. The molecule has 0 radical (unpaired) electrons. The van der Waals surface area contributed by atoms with Gasteiger partial charge in [0.05, 0.1) is 19.8 Å². The minimum Gasteiger partial charge on any atom is -0.493 e. The monoisotopic (exact) mass is 370 g/mol. The highest BCUT2D eigenvalue weighted by Gasteiger charge is 2.32. The SMILES string of the molecule is COc1cccc(C(=O)N2CCCC2CCc2nncn2C2CC2)c1OC. The Balaban J connectivity index is 1.48. The van der Waals surface area contributed by atoms with E-state index in [2.05, 4.69) is 14.8 Å². The maximum absolute atomic E-state index is 13.2. The number of para-hydroxylation sites is 1. The number of rotatable bonds is 7. The summed E-state index contributed by atoms with van der Waals surface area (Å²) in [6.07, 6.45) is 8.08. The Bertz CT molecular complexity index is 815. The number of likely N-dealkylation sites (tertiary alicyclic amines) is 1. The number of carbonyl (C=O) groups excluding carboxylic acids is 1. The molecule has 1 saturated carbocycles. The number of aryl methyl sites for hydroxylation is 1. The van der Waals surface area contributed by atoms with E-state index in [0.717, 1.165) is 38.1 Å². The topological polar surface area (TPSA) is 69.5 Å². The van der Waals surface area contributed by atoms with Gasteiger partial charge in [-0.05, 0) is 44.2 Å². The van der Waals surface area contributed by atoms with Crippen LogP contribution in [0.4, 0.5) is 0 Å². The van der Waals surface area contributed by atoms with Crippen LogP contribution in [0.2, 0.25) is 0 Å². The van der Waals surface area contributed by atoms with Crippen molar-refractivity contribution in [3.63, 3.8) is 0 Å². The van der Waals surface area contributed by atoms with Crippen LogP contribution in [0.5, 0.6) is 11.5 Å². The van der Waals surface area contributed by atoms with Crippen LogP contribution < -0.4 is 9.47 Å². The van der Waals surface area contributed by atoms with Crippen molar-refractivity contribution in [1.82, 2.24) is 19.7 Å². The molecule has 1 aliphatic carbocycles. The van der Waals surface area contributed by atoms with Crippen molar-refractivity contribution in [3.05, 3.63) is 35.9 Å². The van der Waals surface area contributed by atoms with Gasteiger partial charge in [0, 0.05) is 25.0 Å². The molecule has 1 aliphatic heterocycles. The fraction of sp³-hybridized carbons (Fsp3) is 0.550. The van der Waals surface area contributed by atoms with Crippen molar-refractivity contribution >= 4 is 5.91 Å². The molecule has 2 heterocycles. The van der Waals surface area contributed by atoms with Gasteiger partial charge in [0.2, 0.25) is 0 Å². The van der Waals surface area contributed by atoms with Crippen LogP contribution in [0.15, 0.2) is 24.5 Å². The van der Waals surface area contributed by atoms with Gasteiger partial charge < -0.3 is 18.9 Å². The average Bonchev–Trinajstić information content (AvgIpc) is 3.25. The van der Waals surface area contributed by atoms with Gasteiger partial charge in [-0.3, -0.25) is 4.79 Å². The van der Waals surface area contributed by atoms with Gasteiger partial charge >= 0.3 is 0 Å². The van der Waals surface area contributed by atoms with E-state index in [1.54, 1.807) is 14.2 Å². The summed E-state index contributed by atoms with van der Waals surface area (Å²) in [4.78, 5) is 15.2. The highest BCUT2D eigenvalue weighted by molar-refractivity contribution is 5.98. The molecule has 2 aliphatic rings. The van der Waals surface area contributed by atoms with Crippen LogP contribution >= 0.6 is 0 Å². The Morgan fingerprint density at radius 3 is 2.81 bits per heavy atom. The van der Waals surface area contributed by atoms with Crippen LogP contribution in [-0.4, -0.2) is 52.4 Å². The van der Waals surface area contributed by atoms with Gasteiger partial charge in [0.1, 0.15) is 12.2 Å². The van der Waals surface area contributed by atoms with Crippen molar-refractivity contribution in [2.24, 2.45) is 0 Å². The van der Waals surface area contributed by atoms with Crippen LogP contribution in [0, 0.1) is 0 Å². The fourth-order valence-corrected chi connectivity index (χ4v) is 4.01. The average molecular weight is 370 g/mol. The number of hydrogen-bond acceptors (Lipinski definition) is 5. The third-order valence-corrected chi connectivity index (χ3v) is 5.56. The van der Waals surface area contributed by atoms with E-state index < -0.39 is 0 Å². The Hall–Kier alpha value is -2.57. The minimum atomic E-state index is 0.0110. The molecule has 4 rings (SSSR count). The summed E-state index contributed by atoms with van der Waals surface area (Å²) in [7, 11) is 3.15. The molecule has 144 valence electrons. The molecule has 1 amide bonds. The van der Waals surface area contributed by atoms with E-state index in [1.165, 1.54) is 12.8 Å². The molecule has 0 bridgehead atoms. The number of aromatic nitrogens is 3. The molecule has 1 unspecified atom stereocenters. The third kappa shape index (κ3) is 3.50. The van der Waals surface area contributed by atoms with Gasteiger partial charge in [-0.2, -0.15) is 0 Å². The first-order chi connectivity index (χ1) is 13.2. The minimum absolute atomic E-state index is 0.0110. The summed E-state index contributed by atoms with van der Waals surface area (Å²) in [5, 5.41) is 8.36. The molecule has 2 fully saturated rings. The Kier molecular flexibility index (Phi) is 5.01. The number of ether oxygens (including phenoxy) is 2. The van der Waals surface area contributed by atoms with Crippen LogP contribution in [0.25, 0.3) is 0 Å². The lowest BCUT2D eigenvalue weighted by Crippen LogP contribution is -2.36. The van der Waals surface area contributed by atoms with Gasteiger partial charge in [-0.25, -0.2) is 0 Å². The standard InChI is InChI=1S/C20H26N4O3/c1-26-17-7-3-6-16(19(17)27-2)20(25)23-12-4-5-14(23)10-11-18-22-21-13-24(18)15-8-9-15/h3,6-7,13-15H,4-5,8-12H2,1-2H3. The second-order valence-corrected chi connectivity index (χ2v) is 7.26. The molecular formula is C20H26N4O3. The second kappa shape index (κ2) is 7.58. The number of amides is 1. The Morgan fingerprint density at radius 2 is 2.07 bits per heavy atom. The zero-order chi connectivity index (χ0) is 18.8. The highest BCUT2D eigenvalue weighted by atomic mass is 16.5. The lowest BCUT2D eigenvalue weighted by atomic mass is 10.1. The Labute approximate surface area is 159 Å². The van der Waals surface area contributed by atoms with Crippen molar-refractivity contribution in [1.29, 1.82) is 0 Å². The zero-order valence-electron chi connectivity index (χ0n) is 15.9. The summed E-state index contributed by atoms with van der Waals surface area (Å²) < 4.78 is 13.0.